The monoisotopic (exact) mass is 642 g/mol. The summed E-state index contributed by atoms with van der Waals surface area (Å²) in [5.74, 6) is 0. The van der Waals surface area contributed by atoms with Gasteiger partial charge in [0, 0.05) is 5.41 Å². The molecule has 1 atom stereocenters. The van der Waals surface area contributed by atoms with Gasteiger partial charge in [-0.3, -0.25) is 0 Å². The molecule has 0 saturated heterocycles. The summed E-state index contributed by atoms with van der Waals surface area (Å²) in [5, 5.41) is 0. The molecular weight excluding hydrogens is 601 g/mol. The second-order valence-corrected chi connectivity index (χ2v) is 14.8. The van der Waals surface area contributed by atoms with E-state index in [1.54, 1.807) is 0 Å². The number of aryl methyl sites for hydroxylation is 4. The summed E-state index contributed by atoms with van der Waals surface area (Å²) in [6.07, 6.45) is 2.01. The Hall–Kier alpha value is -5.46. The van der Waals surface area contributed by atoms with Gasteiger partial charge in [-0.1, -0.05) is 170 Å². The lowest BCUT2D eigenvalue weighted by Gasteiger charge is -2.34. The predicted octanol–water partition coefficient (Wildman–Crippen LogP) is 12.6. The van der Waals surface area contributed by atoms with Gasteiger partial charge in [-0.05, 0) is 118 Å². The highest BCUT2D eigenvalue weighted by molar-refractivity contribution is 5.89. The Balaban J connectivity index is 1.21. The van der Waals surface area contributed by atoms with Crippen LogP contribution in [0.5, 0.6) is 0 Å². The zero-order valence-corrected chi connectivity index (χ0v) is 29.4. The standard InChI is InChI=1S/C50H42/c1-33-20-25-39(26-21-33)50(40-27-22-34(2)23-28-40)44-18-9-8-16-43(44)47-37(15-11-19-45(47)50)30-31-49(4)46-32-38(36-13-6-5-7-14-36)24-29-41(46)42-17-10-12-35(3)48(42)49/h5-29,32H,30-31H2,1-4H3. The minimum atomic E-state index is -0.388. The topological polar surface area (TPSA) is 0 Å². The van der Waals surface area contributed by atoms with Crippen LogP contribution < -0.4 is 0 Å². The third-order valence-corrected chi connectivity index (χ3v) is 11.9. The molecule has 0 heterocycles. The quantitative estimate of drug-likeness (QED) is 0.169. The van der Waals surface area contributed by atoms with E-state index >= 15 is 0 Å². The van der Waals surface area contributed by atoms with E-state index in [0.717, 1.165) is 12.8 Å². The Morgan fingerprint density at radius 2 is 1.08 bits per heavy atom. The molecule has 0 saturated carbocycles. The highest BCUT2D eigenvalue weighted by Gasteiger charge is 2.47. The van der Waals surface area contributed by atoms with Gasteiger partial charge in [-0.25, -0.2) is 0 Å². The Labute approximate surface area is 297 Å². The molecule has 0 radical (unpaired) electrons. The third kappa shape index (κ3) is 4.44. The fourth-order valence-electron chi connectivity index (χ4n) is 9.46. The molecule has 50 heavy (non-hydrogen) atoms. The zero-order chi connectivity index (χ0) is 34.0. The molecule has 0 nitrogen and oxygen atoms in total. The summed E-state index contributed by atoms with van der Waals surface area (Å²) < 4.78 is 0. The molecule has 242 valence electrons. The summed E-state index contributed by atoms with van der Waals surface area (Å²) in [7, 11) is 0. The summed E-state index contributed by atoms with van der Waals surface area (Å²) in [6.45, 7) is 9.16. The molecule has 0 aliphatic heterocycles. The number of hydrogen-bond acceptors (Lipinski definition) is 0. The molecule has 0 bridgehead atoms. The van der Waals surface area contributed by atoms with Crippen LogP contribution in [0.25, 0.3) is 33.4 Å². The van der Waals surface area contributed by atoms with Crippen molar-refractivity contribution in [1.29, 1.82) is 0 Å². The van der Waals surface area contributed by atoms with Crippen LogP contribution in [0.2, 0.25) is 0 Å². The summed E-state index contributed by atoms with van der Waals surface area (Å²) in [4.78, 5) is 0. The van der Waals surface area contributed by atoms with E-state index < -0.39 is 0 Å². The van der Waals surface area contributed by atoms with Crippen molar-refractivity contribution < 1.29 is 0 Å². The molecule has 0 spiro atoms. The van der Waals surface area contributed by atoms with Gasteiger partial charge in [0.15, 0.2) is 0 Å². The van der Waals surface area contributed by atoms with Gasteiger partial charge in [0.2, 0.25) is 0 Å². The van der Waals surface area contributed by atoms with Crippen LogP contribution in [-0.4, -0.2) is 0 Å². The molecular formula is C50H42. The molecule has 2 aliphatic carbocycles. The average molecular weight is 643 g/mol. The van der Waals surface area contributed by atoms with Crippen molar-refractivity contribution in [3.05, 3.63) is 213 Å². The van der Waals surface area contributed by atoms with Crippen molar-refractivity contribution in [2.75, 3.05) is 0 Å². The summed E-state index contributed by atoms with van der Waals surface area (Å²) >= 11 is 0. The Bertz CT molecular complexity index is 2350. The molecule has 0 heteroatoms. The van der Waals surface area contributed by atoms with Gasteiger partial charge < -0.3 is 0 Å². The first kappa shape index (κ1) is 30.6. The van der Waals surface area contributed by atoms with Gasteiger partial charge in [0.05, 0.1) is 5.41 Å². The molecule has 7 aromatic carbocycles. The summed E-state index contributed by atoms with van der Waals surface area (Å²) in [6, 6.07) is 59.7. The van der Waals surface area contributed by atoms with E-state index in [-0.39, 0.29) is 10.8 Å². The second-order valence-electron chi connectivity index (χ2n) is 14.8. The van der Waals surface area contributed by atoms with Crippen LogP contribution in [0.4, 0.5) is 0 Å². The van der Waals surface area contributed by atoms with Crippen molar-refractivity contribution in [3.63, 3.8) is 0 Å². The van der Waals surface area contributed by atoms with Gasteiger partial charge in [-0.15, -0.1) is 0 Å². The predicted molar refractivity (Wildman–Crippen MR) is 210 cm³/mol. The SMILES string of the molecule is Cc1ccc(C2(c3ccc(C)cc3)c3ccccc3-c3c(CCC4(C)c5cc(-c6ccccc6)ccc5-c5cccc(C)c54)cccc32)cc1. The van der Waals surface area contributed by atoms with Crippen molar-refractivity contribution in [3.8, 4) is 33.4 Å². The molecule has 2 aliphatic rings. The highest BCUT2D eigenvalue weighted by atomic mass is 14.5. The van der Waals surface area contributed by atoms with Crippen LogP contribution in [-0.2, 0) is 17.3 Å². The van der Waals surface area contributed by atoms with Crippen molar-refractivity contribution in [2.24, 2.45) is 0 Å². The van der Waals surface area contributed by atoms with E-state index in [1.807, 2.05) is 0 Å². The molecule has 9 rings (SSSR count). The average Bonchev–Trinajstić information content (AvgIpc) is 3.60. The van der Waals surface area contributed by atoms with E-state index in [2.05, 4.69) is 185 Å². The van der Waals surface area contributed by atoms with Crippen LogP contribution in [0.15, 0.2) is 158 Å². The van der Waals surface area contributed by atoms with E-state index in [4.69, 9.17) is 0 Å². The van der Waals surface area contributed by atoms with Gasteiger partial charge in [-0.2, -0.15) is 0 Å². The maximum absolute atomic E-state index is 2.50. The molecule has 0 fully saturated rings. The lowest BCUT2D eigenvalue weighted by atomic mass is 9.67. The Kier molecular flexibility index (Phi) is 7.08. The van der Waals surface area contributed by atoms with Crippen molar-refractivity contribution in [2.45, 2.75) is 51.4 Å². The van der Waals surface area contributed by atoms with E-state index in [1.165, 1.54) is 89.0 Å². The van der Waals surface area contributed by atoms with Crippen molar-refractivity contribution >= 4 is 0 Å². The first-order chi connectivity index (χ1) is 24.4. The van der Waals surface area contributed by atoms with E-state index in [0.29, 0.717) is 0 Å². The third-order valence-electron chi connectivity index (χ3n) is 11.9. The summed E-state index contributed by atoms with van der Waals surface area (Å²) in [5.41, 5.74) is 21.3. The zero-order valence-electron chi connectivity index (χ0n) is 29.4. The van der Waals surface area contributed by atoms with E-state index in [9.17, 15) is 0 Å². The van der Waals surface area contributed by atoms with Crippen molar-refractivity contribution in [1.82, 2.24) is 0 Å². The molecule has 0 N–H and O–H groups in total. The molecule has 0 amide bonds. The largest absolute Gasteiger partial charge is 0.0713 e. The molecule has 7 aromatic rings. The fourth-order valence-corrected chi connectivity index (χ4v) is 9.46. The first-order valence-electron chi connectivity index (χ1n) is 18.1. The van der Waals surface area contributed by atoms with Crippen LogP contribution >= 0.6 is 0 Å². The van der Waals surface area contributed by atoms with Crippen LogP contribution in [0.1, 0.15) is 69.0 Å². The lowest BCUT2D eigenvalue weighted by Crippen LogP contribution is -2.28. The van der Waals surface area contributed by atoms with Crippen LogP contribution in [0, 0.1) is 20.8 Å². The fraction of sp³-hybridized carbons (Fsp3) is 0.160. The van der Waals surface area contributed by atoms with Gasteiger partial charge >= 0.3 is 0 Å². The Morgan fingerprint density at radius 1 is 0.460 bits per heavy atom. The normalized spacial score (nSPS) is 16.4. The smallest absolute Gasteiger partial charge is 0.0622 e. The number of benzene rings is 7. The minimum absolute atomic E-state index is 0.118. The van der Waals surface area contributed by atoms with Gasteiger partial charge in [0.1, 0.15) is 0 Å². The Morgan fingerprint density at radius 3 is 1.80 bits per heavy atom. The maximum atomic E-state index is 2.50. The first-order valence-corrected chi connectivity index (χ1v) is 18.1. The number of rotatable bonds is 6. The molecule has 1 unspecified atom stereocenters. The van der Waals surface area contributed by atoms with Gasteiger partial charge in [0.25, 0.3) is 0 Å². The second kappa shape index (κ2) is 11.6. The minimum Gasteiger partial charge on any atom is -0.0622 e. The van der Waals surface area contributed by atoms with Crippen LogP contribution in [0.3, 0.4) is 0 Å². The number of hydrogen-bond donors (Lipinski definition) is 0. The maximum Gasteiger partial charge on any atom is 0.0713 e. The number of fused-ring (bicyclic) bond motifs is 6. The highest BCUT2D eigenvalue weighted by Crippen LogP contribution is 2.58. The lowest BCUT2D eigenvalue weighted by molar-refractivity contribution is 0.530. The molecule has 0 aromatic heterocycles.